The van der Waals surface area contributed by atoms with E-state index < -0.39 is 12.2 Å². The summed E-state index contributed by atoms with van der Waals surface area (Å²) < 4.78 is 23.4. The van der Waals surface area contributed by atoms with E-state index in [0.29, 0.717) is 24.5 Å². The van der Waals surface area contributed by atoms with E-state index in [4.69, 9.17) is 9.47 Å². The summed E-state index contributed by atoms with van der Waals surface area (Å²) in [6, 6.07) is 11.8. The van der Waals surface area contributed by atoms with Crippen molar-refractivity contribution in [2.45, 2.75) is 46.1 Å². The molecule has 1 aliphatic carbocycles. The van der Waals surface area contributed by atoms with Crippen LogP contribution < -0.4 is 15.5 Å². The standard InChI is InChI=1S/C26H32FN3O4/c1-3-33-25(31)28-23-15-14-22(16-24(23)29-26(32)34-4-2)30(17-19-8-6-5-7-9-19)18-20-10-12-21(27)13-11-20/h8,10-16H,3-7,9,17-18H2,1-2H3,(H,28,31)(H,29,32). The lowest BCUT2D eigenvalue weighted by Crippen LogP contribution is -2.26. The first kappa shape index (κ1) is 25.1. The molecule has 0 saturated heterocycles. The number of halogens is 1. The highest BCUT2D eigenvalue weighted by molar-refractivity contribution is 5.96. The van der Waals surface area contributed by atoms with Crippen LogP contribution in [0.15, 0.2) is 54.1 Å². The number of hydrogen-bond donors (Lipinski definition) is 2. The van der Waals surface area contributed by atoms with Crippen LogP contribution in [-0.2, 0) is 16.0 Å². The van der Waals surface area contributed by atoms with Crippen molar-refractivity contribution in [1.29, 1.82) is 0 Å². The molecule has 0 fully saturated rings. The van der Waals surface area contributed by atoms with E-state index in [1.165, 1.54) is 24.1 Å². The highest BCUT2D eigenvalue weighted by atomic mass is 19.1. The number of nitrogens with one attached hydrogen (secondary N) is 2. The zero-order valence-corrected chi connectivity index (χ0v) is 19.7. The van der Waals surface area contributed by atoms with Crippen LogP contribution in [0.2, 0.25) is 0 Å². The van der Waals surface area contributed by atoms with Gasteiger partial charge in [-0.1, -0.05) is 23.8 Å². The Morgan fingerprint density at radius 3 is 2.21 bits per heavy atom. The Balaban J connectivity index is 1.93. The second-order valence-corrected chi connectivity index (χ2v) is 8.01. The van der Waals surface area contributed by atoms with Gasteiger partial charge in [0.05, 0.1) is 24.6 Å². The van der Waals surface area contributed by atoms with Gasteiger partial charge in [-0.3, -0.25) is 10.6 Å². The van der Waals surface area contributed by atoms with Crippen LogP contribution in [-0.4, -0.2) is 31.9 Å². The van der Waals surface area contributed by atoms with Crippen LogP contribution >= 0.6 is 0 Å². The molecule has 34 heavy (non-hydrogen) atoms. The van der Waals surface area contributed by atoms with Gasteiger partial charge in [-0.15, -0.1) is 0 Å². The minimum atomic E-state index is -0.619. The largest absolute Gasteiger partial charge is 0.450 e. The van der Waals surface area contributed by atoms with Crippen molar-refractivity contribution in [3.05, 3.63) is 65.5 Å². The summed E-state index contributed by atoms with van der Waals surface area (Å²) in [5, 5.41) is 5.37. The molecule has 0 heterocycles. The van der Waals surface area contributed by atoms with E-state index in [2.05, 4.69) is 21.6 Å². The monoisotopic (exact) mass is 469 g/mol. The first-order valence-corrected chi connectivity index (χ1v) is 11.7. The normalized spacial score (nSPS) is 13.0. The third kappa shape index (κ3) is 7.50. The van der Waals surface area contributed by atoms with Gasteiger partial charge in [0.15, 0.2) is 0 Å². The molecule has 2 N–H and O–H groups in total. The van der Waals surface area contributed by atoms with E-state index in [1.54, 1.807) is 38.1 Å². The van der Waals surface area contributed by atoms with Crippen LogP contribution in [0.5, 0.6) is 0 Å². The maximum Gasteiger partial charge on any atom is 0.411 e. The van der Waals surface area contributed by atoms with E-state index in [-0.39, 0.29) is 19.0 Å². The molecule has 0 saturated carbocycles. The van der Waals surface area contributed by atoms with Crippen LogP contribution in [0.4, 0.5) is 31.0 Å². The van der Waals surface area contributed by atoms with E-state index in [9.17, 15) is 14.0 Å². The van der Waals surface area contributed by atoms with Crippen molar-refractivity contribution in [2.24, 2.45) is 0 Å². The van der Waals surface area contributed by atoms with Gasteiger partial charge in [-0.05, 0) is 75.4 Å². The summed E-state index contributed by atoms with van der Waals surface area (Å²) in [5.41, 5.74) is 3.95. The van der Waals surface area contributed by atoms with Crippen LogP contribution in [0, 0.1) is 5.82 Å². The average Bonchev–Trinajstić information content (AvgIpc) is 2.82. The average molecular weight is 470 g/mol. The molecule has 0 spiro atoms. The van der Waals surface area contributed by atoms with Crippen LogP contribution in [0.25, 0.3) is 0 Å². The molecule has 2 aromatic carbocycles. The SMILES string of the molecule is CCOC(=O)Nc1ccc(N(CC2=CCCCC2)Cc2ccc(F)cc2)cc1NC(=O)OCC. The Morgan fingerprint density at radius 2 is 1.59 bits per heavy atom. The number of nitrogens with zero attached hydrogens (tertiary/aromatic N) is 1. The number of ether oxygens (including phenoxy) is 2. The topological polar surface area (TPSA) is 79.9 Å². The molecular weight excluding hydrogens is 437 g/mol. The number of amides is 2. The smallest absolute Gasteiger partial charge is 0.411 e. The van der Waals surface area contributed by atoms with Crippen molar-refractivity contribution in [3.8, 4) is 0 Å². The molecule has 0 bridgehead atoms. The fourth-order valence-corrected chi connectivity index (χ4v) is 3.84. The second kappa shape index (κ2) is 12.6. The quantitative estimate of drug-likeness (QED) is 0.412. The molecule has 1 aliphatic rings. The molecule has 0 radical (unpaired) electrons. The zero-order valence-electron chi connectivity index (χ0n) is 19.7. The van der Waals surface area contributed by atoms with Gasteiger partial charge < -0.3 is 14.4 Å². The molecule has 0 unspecified atom stereocenters. The summed E-state index contributed by atoms with van der Waals surface area (Å²) >= 11 is 0. The molecule has 0 aliphatic heterocycles. The Bertz CT molecular complexity index is 1010. The molecule has 182 valence electrons. The van der Waals surface area contributed by atoms with E-state index in [1.807, 2.05) is 6.07 Å². The fourth-order valence-electron chi connectivity index (χ4n) is 3.84. The number of carbonyl (C=O) groups is 2. The number of anilines is 3. The maximum atomic E-state index is 13.4. The molecule has 2 amide bonds. The molecule has 0 aromatic heterocycles. The fraction of sp³-hybridized carbons (Fsp3) is 0.385. The van der Waals surface area contributed by atoms with Gasteiger partial charge in [0.2, 0.25) is 0 Å². The second-order valence-electron chi connectivity index (χ2n) is 8.01. The van der Waals surface area contributed by atoms with Gasteiger partial charge >= 0.3 is 12.2 Å². The Labute approximate surface area is 199 Å². The van der Waals surface area contributed by atoms with E-state index >= 15 is 0 Å². The predicted molar refractivity (Wildman–Crippen MR) is 132 cm³/mol. The van der Waals surface area contributed by atoms with Crippen LogP contribution in [0.1, 0.15) is 45.1 Å². The Morgan fingerprint density at radius 1 is 0.912 bits per heavy atom. The third-order valence-electron chi connectivity index (χ3n) is 5.46. The summed E-state index contributed by atoms with van der Waals surface area (Å²) in [5.74, 6) is -0.277. The Hall–Kier alpha value is -3.55. The zero-order chi connectivity index (χ0) is 24.3. The molecular formula is C26H32FN3O4. The van der Waals surface area contributed by atoms with Crippen molar-refractivity contribution < 1.29 is 23.5 Å². The number of carbonyl (C=O) groups excluding carboxylic acids is 2. The van der Waals surface area contributed by atoms with Crippen molar-refractivity contribution in [1.82, 2.24) is 0 Å². The number of rotatable bonds is 9. The molecule has 8 heteroatoms. The van der Waals surface area contributed by atoms with Gasteiger partial charge in [0.25, 0.3) is 0 Å². The predicted octanol–water partition coefficient (Wildman–Crippen LogP) is 6.47. The summed E-state index contributed by atoms with van der Waals surface area (Å²) in [6.45, 7) is 5.15. The van der Waals surface area contributed by atoms with Crippen molar-refractivity contribution in [2.75, 3.05) is 35.3 Å². The van der Waals surface area contributed by atoms with Gasteiger partial charge in [-0.2, -0.15) is 0 Å². The van der Waals surface area contributed by atoms with Crippen molar-refractivity contribution >= 4 is 29.2 Å². The summed E-state index contributed by atoms with van der Waals surface area (Å²) in [4.78, 5) is 26.3. The van der Waals surface area contributed by atoms with Crippen molar-refractivity contribution in [3.63, 3.8) is 0 Å². The Kier molecular flexibility index (Phi) is 9.31. The minimum absolute atomic E-state index is 0.219. The minimum Gasteiger partial charge on any atom is -0.450 e. The number of benzene rings is 2. The molecule has 3 rings (SSSR count). The molecule has 2 aromatic rings. The summed E-state index contributed by atoms with van der Waals surface area (Å²) in [6.07, 6.45) is 5.52. The lowest BCUT2D eigenvalue weighted by molar-refractivity contribution is 0.166. The van der Waals surface area contributed by atoms with Gasteiger partial charge in [0, 0.05) is 18.8 Å². The number of hydrogen-bond acceptors (Lipinski definition) is 5. The van der Waals surface area contributed by atoms with Gasteiger partial charge in [0.1, 0.15) is 5.82 Å². The maximum absolute atomic E-state index is 13.4. The van der Waals surface area contributed by atoms with Gasteiger partial charge in [-0.25, -0.2) is 14.0 Å². The number of allylic oxidation sites excluding steroid dienone is 1. The highest BCUT2D eigenvalue weighted by Crippen LogP contribution is 2.31. The first-order valence-electron chi connectivity index (χ1n) is 11.7. The third-order valence-corrected chi connectivity index (χ3v) is 5.46. The summed E-state index contributed by atoms with van der Waals surface area (Å²) in [7, 11) is 0. The lowest BCUT2D eigenvalue weighted by atomic mass is 9.99. The first-order chi connectivity index (χ1) is 16.5. The molecule has 7 nitrogen and oxygen atoms in total. The molecule has 0 atom stereocenters. The van der Waals surface area contributed by atoms with Crippen LogP contribution in [0.3, 0.4) is 0 Å². The lowest BCUT2D eigenvalue weighted by Gasteiger charge is -2.28. The van der Waals surface area contributed by atoms with E-state index in [0.717, 1.165) is 30.5 Å². The highest BCUT2D eigenvalue weighted by Gasteiger charge is 2.17.